The predicted octanol–water partition coefficient (Wildman–Crippen LogP) is 7.29. The molecule has 0 unspecified atom stereocenters. The van der Waals surface area contributed by atoms with Crippen LogP contribution in [0.5, 0.6) is 5.75 Å². The van der Waals surface area contributed by atoms with Crippen molar-refractivity contribution in [3.8, 4) is 5.75 Å². The van der Waals surface area contributed by atoms with Gasteiger partial charge >= 0.3 is 6.36 Å². The summed E-state index contributed by atoms with van der Waals surface area (Å²) in [6, 6.07) is 14.7. The summed E-state index contributed by atoms with van der Waals surface area (Å²) in [6.45, 7) is 4.98. The van der Waals surface area contributed by atoms with Crippen LogP contribution >= 0.6 is 0 Å². The number of alkyl halides is 3. The molecule has 0 aliphatic carbocycles. The van der Waals surface area contributed by atoms with E-state index in [2.05, 4.69) is 11.3 Å². The topological polar surface area (TPSA) is 27.7 Å². The molecule has 0 bridgehead atoms. The lowest BCUT2D eigenvalue weighted by Gasteiger charge is -2.29. The van der Waals surface area contributed by atoms with Gasteiger partial charge in [0.2, 0.25) is 0 Å². The lowest BCUT2D eigenvalue weighted by Crippen LogP contribution is -2.27. The highest BCUT2D eigenvalue weighted by Gasteiger charge is 2.31. The molecule has 34 heavy (non-hydrogen) atoms. The van der Waals surface area contributed by atoms with Crippen molar-refractivity contribution in [1.82, 2.24) is 0 Å². The molecule has 7 heteroatoms. The Morgan fingerprint density at radius 2 is 1.71 bits per heavy atom. The maximum Gasteiger partial charge on any atom is 0.573 e. The van der Waals surface area contributed by atoms with Gasteiger partial charge in [0.05, 0.1) is 13.2 Å². The van der Waals surface area contributed by atoms with Crippen molar-refractivity contribution >= 4 is 10.8 Å². The molecule has 0 atom stereocenters. The van der Waals surface area contributed by atoms with E-state index in [9.17, 15) is 13.2 Å². The summed E-state index contributed by atoms with van der Waals surface area (Å²) < 4.78 is 67.7. The number of hydrogen-bond donors (Lipinski definition) is 0. The molecule has 1 aliphatic rings. The van der Waals surface area contributed by atoms with Crippen LogP contribution in [0.4, 0.5) is 17.6 Å². The van der Waals surface area contributed by atoms with Gasteiger partial charge in [-0.1, -0.05) is 42.5 Å². The largest absolute Gasteiger partial charge is 0.573 e. The lowest BCUT2D eigenvalue weighted by atomic mass is 9.98. The Morgan fingerprint density at radius 3 is 2.38 bits per heavy atom. The van der Waals surface area contributed by atoms with Crippen molar-refractivity contribution in [2.45, 2.75) is 38.3 Å². The zero-order chi connectivity index (χ0) is 24.1. The Hall–Kier alpha value is -2.90. The molecule has 0 aromatic heterocycles. The average Bonchev–Trinajstić information content (AvgIpc) is 2.82. The maximum atomic E-state index is 15.1. The smallest absolute Gasteiger partial charge is 0.406 e. The van der Waals surface area contributed by atoms with Crippen LogP contribution in [0.2, 0.25) is 0 Å². The minimum atomic E-state index is -4.72. The van der Waals surface area contributed by atoms with Gasteiger partial charge in [-0.25, -0.2) is 4.39 Å². The van der Waals surface area contributed by atoms with Crippen molar-refractivity contribution in [3.05, 3.63) is 89.8 Å². The molecule has 180 valence electrons. The summed E-state index contributed by atoms with van der Waals surface area (Å²) in [5.74, 6) is -0.221. The Balaban J connectivity index is 1.40. The van der Waals surface area contributed by atoms with Crippen LogP contribution in [0.25, 0.3) is 10.8 Å². The van der Waals surface area contributed by atoms with E-state index in [0.717, 1.165) is 29.4 Å². The van der Waals surface area contributed by atoms with E-state index >= 15 is 4.39 Å². The molecule has 1 saturated heterocycles. The van der Waals surface area contributed by atoms with Crippen LogP contribution in [0, 0.1) is 11.7 Å². The molecule has 1 heterocycles. The number of halogens is 4. The molecule has 3 aromatic rings. The van der Waals surface area contributed by atoms with Crippen LogP contribution in [0.3, 0.4) is 0 Å². The van der Waals surface area contributed by atoms with Crippen molar-refractivity contribution in [2.75, 3.05) is 13.2 Å². The summed E-state index contributed by atoms with van der Waals surface area (Å²) in [7, 11) is 0. The van der Waals surface area contributed by atoms with Crippen LogP contribution in [0.15, 0.2) is 67.3 Å². The molecular weight excluding hydrogens is 448 g/mol. The number of benzene rings is 3. The first-order chi connectivity index (χ1) is 16.3. The second-order valence-corrected chi connectivity index (χ2v) is 8.44. The molecule has 0 N–H and O–H groups in total. The van der Waals surface area contributed by atoms with Gasteiger partial charge in [0, 0.05) is 16.9 Å². The Kier molecular flexibility index (Phi) is 7.54. The Bertz CT molecular complexity index is 1120. The summed E-state index contributed by atoms with van der Waals surface area (Å²) >= 11 is 0. The normalized spacial score (nSPS) is 18.7. The van der Waals surface area contributed by atoms with Gasteiger partial charge in [0.1, 0.15) is 11.6 Å². The second-order valence-electron chi connectivity index (χ2n) is 8.44. The summed E-state index contributed by atoms with van der Waals surface area (Å²) in [5, 5.41) is 1.27. The Labute approximate surface area is 195 Å². The zero-order valence-corrected chi connectivity index (χ0v) is 18.6. The number of allylic oxidation sites excluding steroid dienone is 1. The van der Waals surface area contributed by atoms with Crippen LogP contribution < -0.4 is 4.74 Å². The number of rotatable bonds is 8. The third-order valence-electron chi connectivity index (χ3n) is 5.92. The van der Waals surface area contributed by atoms with Crippen molar-refractivity contribution < 1.29 is 31.8 Å². The molecule has 0 spiro atoms. The van der Waals surface area contributed by atoms with Gasteiger partial charge in [-0.3, -0.25) is 0 Å². The molecule has 0 radical (unpaired) electrons. The fourth-order valence-electron chi connectivity index (χ4n) is 4.09. The van der Waals surface area contributed by atoms with E-state index in [4.69, 9.17) is 9.47 Å². The van der Waals surface area contributed by atoms with E-state index in [1.165, 1.54) is 12.1 Å². The second kappa shape index (κ2) is 10.6. The van der Waals surface area contributed by atoms with Crippen LogP contribution in [-0.4, -0.2) is 19.6 Å². The minimum Gasteiger partial charge on any atom is -0.406 e. The van der Waals surface area contributed by atoms with E-state index in [1.807, 2.05) is 24.3 Å². The molecule has 1 aliphatic heterocycles. The summed E-state index contributed by atoms with van der Waals surface area (Å²) in [5.41, 5.74) is 2.19. The van der Waals surface area contributed by atoms with Gasteiger partial charge in [0.25, 0.3) is 0 Å². The van der Waals surface area contributed by atoms with Gasteiger partial charge in [-0.2, -0.15) is 0 Å². The molecular formula is C27H26F4O3. The third-order valence-corrected chi connectivity index (χ3v) is 5.92. The van der Waals surface area contributed by atoms with Crippen LogP contribution in [-0.2, 0) is 22.3 Å². The van der Waals surface area contributed by atoms with Crippen molar-refractivity contribution in [2.24, 2.45) is 5.92 Å². The van der Waals surface area contributed by atoms with Gasteiger partial charge in [-0.05, 0) is 60.4 Å². The standard InChI is InChI=1S/C27H26F4O3/c1-2-3-4-19-16-32-26(33-17-19)22-11-14-24-21(15-22)10-9-20(25(24)28)8-5-18-6-12-23(13-7-18)34-27(29,30)31/h2,6-7,9-15,19,26H,1,3-5,8,16-17H2. The van der Waals surface area contributed by atoms with Crippen molar-refractivity contribution in [3.63, 3.8) is 0 Å². The predicted molar refractivity (Wildman–Crippen MR) is 122 cm³/mol. The van der Waals surface area contributed by atoms with Gasteiger partial charge in [0.15, 0.2) is 6.29 Å². The van der Waals surface area contributed by atoms with E-state index in [1.54, 1.807) is 24.3 Å². The molecule has 0 amide bonds. The van der Waals surface area contributed by atoms with E-state index in [0.29, 0.717) is 42.9 Å². The molecule has 3 aromatic carbocycles. The Morgan fingerprint density at radius 1 is 0.971 bits per heavy atom. The first-order valence-corrected chi connectivity index (χ1v) is 11.2. The summed E-state index contributed by atoms with van der Waals surface area (Å²) in [4.78, 5) is 0. The maximum absolute atomic E-state index is 15.1. The first kappa shape index (κ1) is 24.2. The molecule has 1 fully saturated rings. The molecule has 3 nitrogen and oxygen atoms in total. The number of ether oxygens (including phenoxy) is 3. The fraction of sp³-hybridized carbons (Fsp3) is 0.333. The van der Waals surface area contributed by atoms with Crippen molar-refractivity contribution in [1.29, 1.82) is 0 Å². The SMILES string of the molecule is C=CCCC1COC(c2ccc3c(F)c(CCc4ccc(OC(F)(F)F)cc4)ccc3c2)OC1. The monoisotopic (exact) mass is 474 g/mol. The van der Waals surface area contributed by atoms with Gasteiger partial charge in [-0.15, -0.1) is 19.8 Å². The number of hydrogen-bond acceptors (Lipinski definition) is 3. The number of aryl methyl sites for hydroxylation is 2. The first-order valence-electron chi connectivity index (χ1n) is 11.2. The highest BCUT2D eigenvalue weighted by Crippen LogP contribution is 2.31. The zero-order valence-electron chi connectivity index (χ0n) is 18.6. The van der Waals surface area contributed by atoms with E-state index in [-0.39, 0.29) is 11.6 Å². The number of fused-ring (bicyclic) bond motifs is 1. The minimum absolute atomic E-state index is 0.276. The third kappa shape index (κ3) is 6.15. The van der Waals surface area contributed by atoms with E-state index < -0.39 is 12.7 Å². The fourth-order valence-corrected chi connectivity index (χ4v) is 4.09. The van der Waals surface area contributed by atoms with Gasteiger partial charge < -0.3 is 14.2 Å². The quantitative estimate of drug-likeness (QED) is 0.253. The average molecular weight is 474 g/mol. The highest BCUT2D eigenvalue weighted by molar-refractivity contribution is 5.84. The summed E-state index contributed by atoms with van der Waals surface area (Å²) in [6.07, 6.45) is -0.477. The highest BCUT2D eigenvalue weighted by atomic mass is 19.4. The molecule has 0 saturated carbocycles. The van der Waals surface area contributed by atoms with Crippen LogP contribution in [0.1, 0.15) is 35.8 Å². The molecule has 4 rings (SSSR count). The lowest BCUT2D eigenvalue weighted by molar-refractivity contribution is -0.274.